The number of hydrogen-bond donors (Lipinski definition) is 0. The molecular weight excluding hydrogens is 262 g/mol. The maximum absolute atomic E-state index is 4.44. The fraction of sp³-hybridized carbons (Fsp3) is 0.429. The van der Waals surface area contributed by atoms with Gasteiger partial charge in [0.05, 0.1) is 0 Å². The minimum Gasteiger partial charge on any atom is -0.435 e. The summed E-state index contributed by atoms with van der Waals surface area (Å²) in [6.07, 6.45) is 6.30. The number of nitrogens with zero attached hydrogens (tertiary/aromatic N) is 3. The summed E-state index contributed by atoms with van der Waals surface area (Å²) < 4.78 is 0. The van der Waals surface area contributed by atoms with Crippen molar-refractivity contribution in [2.45, 2.75) is 38.1 Å². The van der Waals surface area contributed by atoms with Crippen LogP contribution in [0.4, 0.5) is 5.82 Å². The number of aromatic nitrogens is 1. The molecule has 1 aromatic carbocycles. The Balaban J connectivity index is 0.00000120. The Hall–Kier alpha value is -1.11. The predicted octanol–water partition coefficient (Wildman–Crippen LogP) is 4.21. The van der Waals surface area contributed by atoms with E-state index in [0.717, 1.165) is 16.7 Å². The van der Waals surface area contributed by atoms with Crippen molar-refractivity contribution in [2.75, 3.05) is 0 Å². The summed E-state index contributed by atoms with van der Waals surface area (Å²) in [6, 6.07) is 10.5. The Morgan fingerprint density at radius 1 is 1.06 bits per heavy atom. The number of rotatable bonds is 2. The topological polar surface area (TPSA) is 38.8 Å². The fourth-order valence-corrected chi connectivity index (χ4v) is 2.39. The summed E-state index contributed by atoms with van der Waals surface area (Å²) in [6.45, 7) is 0. The second-order valence-electron chi connectivity index (χ2n) is 4.68. The largest absolute Gasteiger partial charge is 0.435 e. The second kappa shape index (κ2) is 6.17. The average molecular weight is 278 g/mol. The van der Waals surface area contributed by atoms with E-state index in [2.05, 4.69) is 21.3 Å². The van der Waals surface area contributed by atoms with Gasteiger partial charge in [0.2, 0.25) is 0 Å². The summed E-state index contributed by atoms with van der Waals surface area (Å²) in [5.74, 6) is 0.747. The van der Waals surface area contributed by atoms with Crippen LogP contribution in [-0.2, 0) is 17.4 Å². The molecule has 0 radical (unpaired) electrons. The molecule has 0 aliphatic heterocycles. The minimum absolute atomic E-state index is 0. The van der Waals surface area contributed by atoms with Gasteiger partial charge < -0.3 is 10.1 Å². The second-order valence-corrected chi connectivity index (χ2v) is 4.68. The van der Waals surface area contributed by atoms with Crippen LogP contribution in [0, 0.1) is 0 Å². The Morgan fingerprint density at radius 2 is 1.83 bits per heavy atom. The smallest absolute Gasteiger partial charge is 0.0490 e. The molecular formula is C14H16CrN3-. The molecule has 1 saturated carbocycles. The van der Waals surface area contributed by atoms with Crippen LogP contribution in [0.5, 0.6) is 0 Å². The Morgan fingerprint density at radius 3 is 2.61 bits per heavy atom. The zero-order chi connectivity index (χ0) is 11.5. The van der Waals surface area contributed by atoms with Crippen molar-refractivity contribution in [3.63, 3.8) is 0 Å². The quantitative estimate of drug-likeness (QED) is 0.758. The Labute approximate surface area is 118 Å². The molecule has 94 valence electrons. The van der Waals surface area contributed by atoms with Crippen LogP contribution >= 0.6 is 0 Å². The van der Waals surface area contributed by atoms with E-state index in [1.165, 1.54) is 32.1 Å². The number of azo groups is 1. The minimum atomic E-state index is 0. The average Bonchev–Trinajstić information content (AvgIpc) is 2.80. The summed E-state index contributed by atoms with van der Waals surface area (Å²) in [4.78, 5) is 4.44. The Kier molecular flexibility index (Phi) is 4.57. The van der Waals surface area contributed by atoms with E-state index in [0.29, 0.717) is 6.04 Å². The molecule has 0 amide bonds. The molecule has 0 unspecified atom stereocenters. The third kappa shape index (κ3) is 3.01. The molecule has 1 aliphatic carbocycles. The van der Waals surface area contributed by atoms with E-state index < -0.39 is 0 Å². The first-order valence-electron chi connectivity index (χ1n) is 6.35. The molecule has 0 atom stereocenters. The van der Waals surface area contributed by atoms with Gasteiger partial charge in [-0.1, -0.05) is 49.6 Å². The molecule has 1 heterocycles. The fourth-order valence-electron chi connectivity index (χ4n) is 2.39. The van der Waals surface area contributed by atoms with Crippen molar-refractivity contribution in [2.24, 2.45) is 10.2 Å². The molecule has 3 rings (SSSR count). The van der Waals surface area contributed by atoms with Crippen LogP contribution in [0.3, 0.4) is 0 Å². The van der Waals surface area contributed by atoms with Gasteiger partial charge in [-0.25, -0.2) is 0 Å². The number of fused-ring (bicyclic) bond motifs is 1. The molecule has 3 nitrogen and oxygen atoms in total. The van der Waals surface area contributed by atoms with Crippen molar-refractivity contribution in [3.05, 3.63) is 30.3 Å². The van der Waals surface area contributed by atoms with E-state index in [-0.39, 0.29) is 17.4 Å². The van der Waals surface area contributed by atoms with Crippen LogP contribution in [0.25, 0.3) is 10.9 Å². The molecule has 2 aromatic rings. The van der Waals surface area contributed by atoms with Gasteiger partial charge in [0.25, 0.3) is 0 Å². The SMILES string of the molecule is [Cr].c1ccc2[n-]c(N=NC3CCCCC3)cc2c1. The van der Waals surface area contributed by atoms with Gasteiger partial charge in [-0.15, -0.1) is 0 Å². The first-order chi connectivity index (χ1) is 8.42. The number of benzene rings is 1. The van der Waals surface area contributed by atoms with E-state index in [1.54, 1.807) is 0 Å². The summed E-state index contributed by atoms with van der Waals surface area (Å²) >= 11 is 0. The number of para-hydroxylation sites is 1. The maximum Gasteiger partial charge on any atom is 0.0490 e. The van der Waals surface area contributed by atoms with Gasteiger partial charge in [-0.05, 0) is 29.6 Å². The van der Waals surface area contributed by atoms with Crippen LogP contribution in [0.2, 0.25) is 0 Å². The van der Waals surface area contributed by atoms with E-state index in [4.69, 9.17) is 0 Å². The Bertz CT molecular complexity index is 494. The molecule has 18 heavy (non-hydrogen) atoms. The third-order valence-corrected chi connectivity index (χ3v) is 3.35. The molecule has 0 N–H and O–H groups in total. The van der Waals surface area contributed by atoms with E-state index >= 15 is 0 Å². The van der Waals surface area contributed by atoms with Crippen molar-refractivity contribution >= 4 is 16.7 Å². The third-order valence-electron chi connectivity index (χ3n) is 3.35. The van der Waals surface area contributed by atoms with Crippen LogP contribution in [0.15, 0.2) is 40.6 Å². The maximum atomic E-state index is 4.44. The molecule has 1 fully saturated rings. The summed E-state index contributed by atoms with van der Waals surface area (Å²) in [5.41, 5.74) is 1.00. The van der Waals surface area contributed by atoms with Gasteiger partial charge >= 0.3 is 0 Å². The molecule has 1 aliphatic rings. The van der Waals surface area contributed by atoms with Crippen molar-refractivity contribution in [1.29, 1.82) is 0 Å². The molecule has 4 heteroatoms. The first kappa shape index (κ1) is 13.3. The normalized spacial score (nSPS) is 17.1. The van der Waals surface area contributed by atoms with Crippen LogP contribution in [0.1, 0.15) is 32.1 Å². The van der Waals surface area contributed by atoms with Gasteiger partial charge in [0, 0.05) is 23.4 Å². The predicted molar refractivity (Wildman–Crippen MR) is 68.7 cm³/mol. The van der Waals surface area contributed by atoms with Crippen molar-refractivity contribution < 1.29 is 17.4 Å². The molecule has 0 bridgehead atoms. The van der Waals surface area contributed by atoms with Gasteiger partial charge in [0.1, 0.15) is 0 Å². The van der Waals surface area contributed by atoms with Gasteiger partial charge in [0.15, 0.2) is 0 Å². The standard InChI is InChI=1S/C14H16N3.Cr/c1-2-7-12(8-3-1)16-17-14-10-11-6-4-5-9-13(11)15-14;/h4-6,9-10,12H,1-3,7-8H2;/q-1;. The molecule has 1 aromatic heterocycles. The van der Waals surface area contributed by atoms with Gasteiger partial charge in [-0.3, -0.25) is 5.11 Å². The summed E-state index contributed by atoms with van der Waals surface area (Å²) in [5, 5.41) is 9.84. The monoisotopic (exact) mass is 278 g/mol. The van der Waals surface area contributed by atoms with E-state index in [9.17, 15) is 0 Å². The summed E-state index contributed by atoms with van der Waals surface area (Å²) in [7, 11) is 0. The number of hydrogen-bond acceptors (Lipinski definition) is 2. The van der Waals surface area contributed by atoms with Crippen LogP contribution < -0.4 is 4.98 Å². The van der Waals surface area contributed by atoms with E-state index in [1.807, 2.05) is 24.3 Å². The van der Waals surface area contributed by atoms with Crippen molar-refractivity contribution in [1.82, 2.24) is 4.98 Å². The molecule has 0 saturated heterocycles. The zero-order valence-electron chi connectivity index (χ0n) is 10.2. The molecule has 0 spiro atoms. The first-order valence-corrected chi connectivity index (χ1v) is 6.35. The van der Waals surface area contributed by atoms with Crippen LogP contribution in [-0.4, -0.2) is 6.04 Å². The zero-order valence-corrected chi connectivity index (χ0v) is 11.5. The van der Waals surface area contributed by atoms with Gasteiger partial charge in [-0.2, -0.15) is 0 Å². The van der Waals surface area contributed by atoms with Crippen molar-refractivity contribution in [3.8, 4) is 0 Å².